The minimum atomic E-state index is -0.941. The molecule has 1 fully saturated rings. The quantitative estimate of drug-likeness (QED) is 0.565. The molecule has 0 aliphatic heterocycles. The zero-order chi connectivity index (χ0) is 22.3. The number of hydrogen-bond acceptors (Lipinski definition) is 5. The largest absolute Gasteiger partial charge is 0.492 e. The number of benzene rings is 1. The molecular weight excluding hydrogens is 406 g/mol. The van der Waals surface area contributed by atoms with E-state index in [9.17, 15) is 9.59 Å². The predicted molar refractivity (Wildman–Crippen MR) is 121 cm³/mol. The summed E-state index contributed by atoms with van der Waals surface area (Å²) in [6.07, 6.45) is 8.75. The lowest BCUT2D eigenvalue weighted by Crippen LogP contribution is -2.46. The van der Waals surface area contributed by atoms with E-state index < -0.39 is 11.9 Å². The maximum absolute atomic E-state index is 13.7. The van der Waals surface area contributed by atoms with Crippen LogP contribution in [0, 0.1) is 0 Å². The van der Waals surface area contributed by atoms with Gasteiger partial charge in [-0.25, -0.2) is 0 Å². The highest BCUT2D eigenvalue weighted by Gasteiger charge is 2.37. The lowest BCUT2D eigenvalue weighted by Gasteiger charge is -2.32. The first-order chi connectivity index (χ1) is 15.7. The van der Waals surface area contributed by atoms with Crippen molar-refractivity contribution in [1.29, 1.82) is 0 Å². The summed E-state index contributed by atoms with van der Waals surface area (Å²) in [5, 5.41) is 3.15. The van der Waals surface area contributed by atoms with E-state index in [1.807, 2.05) is 19.1 Å². The molecule has 1 atom stereocenters. The Morgan fingerprint density at radius 3 is 2.66 bits per heavy atom. The monoisotopic (exact) mass is 433 g/mol. The van der Waals surface area contributed by atoms with E-state index in [1.165, 1.54) is 11.2 Å². The van der Waals surface area contributed by atoms with Crippen LogP contribution in [0.1, 0.15) is 54.8 Å². The minimum absolute atomic E-state index is 0.101. The molecule has 32 heavy (non-hydrogen) atoms. The molecule has 0 bridgehead atoms. The number of anilines is 1. The van der Waals surface area contributed by atoms with Gasteiger partial charge < -0.3 is 14.5 Å². The summed E-state index contributed by atoms with van der Waals surface area (Å²) in [5.74, 6) is -0.0370. The zero-order valence-electron chi connectivity index (χ0n) is 18.1. The summed E-state index contributed by atoms with van der Waals surface area (Å²) < 4.78 is 11.2. The second-order valence-electron chi connectivity index (χ2n) is 7.73. The van der Waals surface area contributed by atoms with Crippen molar-refractivity contribution in [3.63, 3.8) is 0 Å². The number of carbonyl (C=O) groups is 2. The molecule has 1 N–H and O–H groups in total. The maximum atomic E-state index is 13.7. The molecule has 2 heterocycles. The van der Waals surface area contributed by atoms with Crippen LogP contribution in [0.2, 0.25) is 0 Å². The van der Waals surface area contributed by atoms with Crippen molar-refractivity contribution >= 4 is 17.5 Å². The van der Waals surface area contributed by atoms with Crippen molar-refractivity contribution in [3.8, 4) is 5.75 Å². The van der Waals surface area contributed by atoms with Gasteiger partial charge in [0, 0.05) is 24.0 Å². The third kappa shape index (κ3) is 4.66. The van der Waals surface area contributed by atoms with Gasteiger partial charge in [-0.2, -0.15) is 0 Å². The van der Waals surface area contributed by atoms with Crippen molar-refractivity contribution < 1.29 is 18.7 Å². The fourth-order valence-corrected chi connectivity index (χ4v) is 4.12. The van der Waals surface area contributed by atoms with Gasteiger partial charge in [-0.05, 0) is 50.1 Å². The second kappa shape index (κ2) is 10.1. The van der Waals surface area contributed by atoms with Gasteiger partial charge in [0.15, 0.2) is 5.76 Å². The van der Waals surface area contributed by atoms with E-state index in [-0.39, 0.29) is 17.7 Å². The average molecular weight is 434 g/mol. The fourth-order valence-electron chi connectivity index (χ4n) is 4.12. The molecule has 4 rings (SSSR count). The molecule has 0 saturated heterocycles. The summed E-state index contributed by atoms with van der Waals surface area (Å²) in [4.78, 5) is 33.0. The van der Waals surface area contributed by atoms with E-state index in [1.54, 1.807) is 48.8 Å². The van der Waals surface area contributed by atoms with Crippen molar-refractivity contribution in [2.45, 2.75) is 44.7 Å². The zero-order valence-corrected chi connectivity index (χ0v) is 18.1. The average Bonchev–Trinajstić information content (AvgIpc) is 3.53. The van der Waals surface area contributed by atoms with Gasteiger partial charge in [-0.3, -0.25) is 19.5 Å². The number of nitrogens with zero attached hydrogens (tertiary/aromatic N) is 2. The Labute approximate surface area is 187 Å². The number of hydrogen-bond donors (Lipinski definition) is 1. The van der Waals surface area contributed by atoms with Crippen molar-refractivity contribution in [3.05, 3.63) is 78.5 Å². The van der Waals surface area contributed by atoms with Gasteiger partial charge in [0.05, 0.1) is 18.6 Å². The number of aromatic nitrogens is 1. The molecule has 7 heteroatoms. The first-order valence-electron chi connectivity index (χ1n) is 11.0. The van der Waals surface area contributed by atoms with Crippen LogP contribution in [0.15, 0.2) is 71.6 Å². The lowest BCUT2D eigenvalue weighted by atomic mass is 10.0. The van der Waals surface area contributed by atoms with Crippen LogP contribution in [-0.4, -0.2) is 29.4 Å². The SMILES string of the molecule is CCOc1ccccc1N(C(=O)c1ccco1)[C@@H](C(=O)NC1CCCC1)c1cccnc1. The molecule has 166 valence electrons. The highest BCUT2D eigenvalue weighted by atomic mass is 16.5. The molecule has 0 unspecified atom stereocenters. The van der Waals surface area contributed by atoms with Gasteiger partial charge in [0.1, 0.15) is 11.8 Å². The van der Waals surface area contributed by atoms with Crippen LogP contribution in [0.25, 0.3) is 0 Å². The summed E-state index contributed by atoms with van der Waals surface area (Å²) >= 11 is 0. The van der Waals surface area contributed by atoms with Crippen molar-refractivity contribution in [1.82, 2.24) is 10.3 Å². The van der Waals surface area contributed by atoms with Crippen LogP contribution in [0.4, 0.5) is 5.69 Å². The summed E-state index contributed by atoms with van der Waals surface area (Å²) in [6, 6.07) is 13.2. The third-order valence-corrected chi connectivity index (χ3v) is 5.58. The standard InChI is InChI=1S/C25H27N3O4/c1-2-31-21-13-6-5-12-20(21)28(25(30)22-14-8-16-32-22)23(18-9-7-15-26-17-18)24(29)27-19-10-3-4-11-19/h5-9,12-17,19,23H,2-4,10-11H2,1H3,(H,27,29)/t23-/m1/s1. The number of ether oxygens (including phenoxy) is 1. The van der Waals surface area contributed by atoms with Crippen molar-refractivity contribution in [2.24, 2.45) is 0 Å². The molecule has 7 nitrogen and oxygen atoms in total. The molecule has 2 aromatic heterocycles. The molecule has 3 aromatic rings. The van der Waals surface area contributed by atoms with E-state index in [4.69, 9.17) is 9.15 Å². The normalized spacial score (nSPS) is 14.7. The van der Waals surface area contributed by atoms with E-state index in [0.29, 0.717) is 23.6 Å². The van der Waals surface area contributed by atoms with E-state index >= 15 is 0 Å². The van der Waals surface area contributed by atoms with Crippen LogP contribution >= 0.6 is 0 Å². The van der Waals surface area contributed by atoms with E-state index in [2.05, 4.69) is 10.3 Å². The number of amides is 2. The van der Waals surface area contributed by atoms with Crippen LogP contribution in [0.5, 0.6) is 5.75 Å². The lowest BCUT2D eigenvalue weighted by molar-refractivity contribution is -0.123. The molecule has 2 amide bonds. The summed E-state index contributed by atoms with van der Waals surface area (Å²) in [6.45, 7) is 2.30. The summed E-state index contributed by atoms with van der Waals surface area (Å²) in [5.41, 5.74) is 1.10. The van der Waals surface area contributed by atoms with Gasteiger partial charge in [0.25, 0.3) is 5.91 Å². The highest BCUT2D eigenvalue weighted by molar-refractivity contribution is 6.09. The minimum Gasteiger partial charge on any atom is -0.492 e. The van der Waals surface area contributed by atoms with Gasteiger partial charge in [0.2, 0.25) is 5.91 Å². The first kappa shape index (κ1) is 21.6. The summed E-state index contributed by atoms with van der Waals surface area (Å²) in [7, 11) is 0. The fraction of sp³-hybridized carbons (Fsp3) is 0.320. The molecule has 1 saturated carbocycles. The van der Waals surface area contributed by atoms with Gasteiger partial charge in [-0.1, -0.05) is 31.0 Å². The second-order valence-corrected chi connectivity index (χ2v) is 7.73. The Hall–Kier alpha value is -3.61. The number of para-hydroxylation sites is 2. The predicted octanol–water partition coefficient (Wildman–Crippen LogP) is 4.52. The molecule has 1 aromatic carbocycles. The molecule has 0 radical (unpaired) electrons. The maximum Gasteiger partial charge on any atom is 0.295 e. The third-order valence-electron chi connectivity index (χ3n) is 5.58. The van der Waals surface area contributed by atoms with Gasteiger partial charge >= 0.3 is 0 Å². The topological polar surface area (TPSA) is 84.7 Å². The Morgan fingerprint density at radius 1 is 1.16 bits per heavy atom. The number of rotatable bonds is 8. The van der Waals surface area contributed by atoms with Crippen molar-refractivity contribution in [2.75, 3.05) is 11.5 Å². The van der Waals surface area contributed by atoms with Crippen LogP contribution in [0.3, 0.4) is 0 Å². The Balaban J connectivity index is 1.82. The molecular formula is C25H27N3O4. The first-order valence-corrected chi connectivity index (χ1v) is 11.0. The van der Waals surface area contributed by atoms with E-state index in [0.717, 1.165) is 25.7 Å². The number of carbonyl (C=O) groups excluding carboxylic acids is 2. The number of pyridine rings is 1. The Morgan fingerprint density at radius 2 is 1.97 bits per heavy atom. The van der Waals surface area contributed by atoms with Gasteiger partial charge in [-0.15, -0.1) is 0 Å². The van der Waals surface area contributed by atoms with Crippen LogP contribution in [-0.2, 0) is 4.79 Å². The Kier molecular flexibility index (Phi) is 6.84. The smallest absolute Gasteiger partial charge is 0.295 e. The molecule has 0 spiro atoms. The molecule has 1 aliphatic carbocycles. The molecule has 1 aliphatic rings. The highest BCUT2D eigenvalue weighted by Crippen LogP contribution is 2.36. The number of furan rings is 1. The Bertz CT molecular complexity index is 1030. The number of nitrogens with one attached hydrogen (secondary N) is 1. The van der Waals surface area contributed by atoms with Crippen LogP contribution < -0.4 is 15.0 Å².